The molecule has 0 spiro atoms. The third-order valence-electron chi connectivity index (χ3n) is 0.948. The topological polar surface area (TPSA) is 26.0 Å². The summed E-state index contributed by atoms with van der Waals surface area (Å²) in [5.74, 6) is 0.831. The molecule has 1 nitrogen and oxygen atoms in total. The largest absolute Gasteiger partial charge is 0.333 e. The van der Waals surface area contributed by atoms with Crippen LogP contribution in [0, 0.1) is 5.92 Å². The van der Waals surface area contributed by atoms with E-state index in [9.17, 15) is 0 Å². The maximum absolute atomic E-state index is 4.50. The van der Waals surface area contributed by atoms with Crippen LogP contribution in [0.1, 0.15) is 26.7 Å². The molecule has 0 aromatic rings. The fourth-order valence-electron chi connectivity index (χ4n) is 0.451. The van der Waals surface area contributed by atoms with Crippen LogP contribution in [0.3, 0.4) is 0 Å². The Labute approximate surface area is 58.9 Å². The second kappa shape index (κ2) is 10.6. The molecule has 0 saturated carbocycles. The average molecular weight is 129 g/mol. The van der Waals surface area contributed by atoms with E-state index in [4.69, 9.17) is 0 Å². The molecule has 0 rings (SSSR count). The summed E-state index contributed by atoms with van der Waals surface area (Å²) in [5.41, 5.74) is 4.50. The minimum atomic E-state index is 0.831. The van der Waals surface area contributed by atoms with Crippen LogP contribution < -0.4 is 5.73 Å². The van der Waals surface area contributed by atoms with Gasteiger partial charge in [0.25, 0.3) is 0 Å². The highest BCUT2D eigenvalue weighted by Crippen LogP contribution is 2.02. The number of hydrogen-bond donors (Lipinski definition) is 1. The maximum atomic E-state index is 4.50. The van der Waals surface area contributed by atoms with Crippen molar-refractivity contribution in [3.8, 4) is 0 Å². The first-order chi connectivity index (χ1) is 4.27. The van der Waals surface area contributed by atoms with E-state index in [2.05, 4.69) is 26.2 Å². The quantitative estimate of drug-likeness (QED) is 0.581. The van der Waals surface area contributed by atoms with Gasteiger partial charge in [-0.25, -0.2) is 0 Å². The van der Waals surface area contributed by atoms with Gasteiger partial charge in [0.2, 0.25) is 0 Å². The number of allylic oxidation sites excluding steroid dienone is 1. The maximum Gasteiger partial charge on any atom is -0.0195 e. The van der Waals surface area contributed by atoms with E-state index in [-0.39, 0.29) is 0 Å². The van der Waals surface area contributed by atoms with Crippen LogP contribution >= 0.6 is 0 Å². The van der Waals surface area contributed by atoms with Crippen LogP contribution in [0.5, 0.6) is 0 Å². The van der Waals surface area contributed by atoms with E-state index in [1.165, 1.54) is 13.5 Å². The summed E-state index contributed by atoms with van der Waals surface area (Å²) < 4.78 is 0. The van der Waals surface area contributed by atoms with Crippen LogP contribution in [0.4, 0.5) is 0 Å². The smallest absolute Gasteiger partial charge is 0.0195 e. The fraction of sp³-hybridized carbons (Fsp3) is 0.750. The highest BCUT2D eigenvalue weighted by atomic mass is 14.4. The second-order valence-electron chi connectivity index (χ2n) is 2.26. The van der Waals surface area contributed by atoms with Gasteiger partial charge in [-0.3, -0.25) is 0 Å². The molecule has 0 radical (unpaired) electrons. The predicted octanol–water partition coefficient (Wildman–Crippen LogP) is 2.18. The third-order valence-corrected chi connectivity index (χ3v) is 0.948. The van der Waals surface area contributed by atoms with E-state index >= 15 is 0 Å². The monoisotopic (exact) mass is 129 g/mol. The van der Waals surface area contributed by atoms with Crippen LogP contribution in [-0.2, 0) is 0 Å². The molecule has 0 heterocycles. The molecule has 0 unspecified atom stereocenters. The van der Waals surface area contributed by atoms with Crippen molar-refractivity contribution in [1.82, 2.24) is 0 Å². The Morgan fingerprint density at radius 1 is 1.44 bits per heavy atom. The first-order valence-corrected chi connectivity index (χ1v) is 3.46. The molecule has 1 heteroatoms. The Hall–Kier alpha value is -0.300. The zero-order valence-electron chi connectivity index (χ0n) is 6.85. The molecular formula is C8H19N. The second-order valence-corrected chi connectivity index (χ2v) is 2.26. The Kier molecular flexibility index (Phi) is 13.6. The first-order valence-electron chi connectivity index (χ1n) is 3.46. The summed E-state index contributed by atoms with van der Waals surface area (Å²) in [6, 6.07) is 0. The Balaban J connectivity index is 0. The lowest BCUT2D eigenvalue weighted by atomic mass is 10.1. The van der Waals surface area contributed by atoms with Gasteiger partial charge in [-0.05, 0) is 25.8 Å². The van der Waals surface area contributed by atoms with Crippen molar-refractivity contribution in [3.63, 3.8) is 0 Å². The molecule has 0 aromatic carbocycles. The van der Waals surface area contributed by atoms with Crippen molar-refractivity contribution in [2.45, 2.75) is 26.7 Å². The van der Waals surface area contributed by atoms with Crippen LogP contribution in [0.2, 0.25) is 0 Å². The molecule has 0 aliphatic carbocycles. The van der Waals surface area contributed by atoms with E-state index < -0.39 is 0 Å². The SMILES string of the molecule is C=CCCC(C)C.CN. The Morgan fingerprint density at radius 2 is 1.89 bits per heavy atom. The molecular weight excluding hydrogens is 110 g/mol. The number of rotatable bonds is 3. The Morgan fingerprint density at radius 3 is 2.00 bits per heavy atom. The van der Waals surface area contributed by atoms with E-state index in [1.807, 2.05) is 6.08 Å². The molecule has 0 bridgehead atoms. The van der Waals surface area contributed by atoms with Crippen molar-refractivity contribution < 1.29 is 0 Å². The van der Waals surface area contributed by atoms with Gasteiger partial charge >= 0.3 is 0 Å². The summed E-state index contributed by atoms with van der Waals surface area (Å²) in [7, 11) is 1.50. The fourth-order valence-corrected chi connectivity index (χ4v) is 0.451. The molecule has 0 atom stereocenters. The van der Waals surface area contributed by atoms with Crippen molar-refractivity contribution in [3.05, 3.63) is 12.7 Å². The highest BCUT2D eigenvalue weighted by Gasteiger charge is 1.87. The van der Waals surface area contributed by atoms with Gasteiger partial charge in [-0.2, -0.15) is 0 Å². The lowest BCUT2D eigenvalue weighted by Crippen LogP contribution is -1.82. The predicted molar refractivity (Wildman–Crippen MR) is 44.4 cm³/mol. The average Bonchev–Trinajstić information content (AvgIpc) is 1.88. The van der Waals surface area contributed by atoms with Gasteiger partial charge in [0.15, 0.2) is 0 Å². The molecule has 0 fully saturated rings. The minimum Gasteiger partial charge on any atom is -0.333 e. The summed E-state index contributed by atoms with van der Waals surface area (Å²) in [5, 5.41) is 0. The van der Waals surface area contributed by atoms with Crippen LogP contribution in [0.25, 0.3) is 0 Å². The molecule has 0 amide bonds. The lowest BCUT2D eigenvalue weighted by molar-refractivity contribution is 0.595. The van der Waals surface area contributed by atoms with Crippen LogP contribution in [0.15, 0.2) is 12.7 Å². The zero-order chi connectivity index (χ0) is 7.70. The van der Waals surface area contributed by atoms with E-state index in [0.717, 1.165) is 12.3 Å². The summed E-state index contributed by atoms with van der Waals surface area (Å²) in [6.45, 7) is 8.08. The molecule has 0 saturated heterocycles. The van der Waals surface area contributed by atoms with E-state index in [0.29, 0.717) is 0 Å². The number of hydrogen-bond acceptors (Lipinski definition) is 1. The molecule has 0 aromatic heterocycles. The first kappa shape index (κ1) is 11.5. The van der Waals surface area contributed by atoms with E-state index in [1.54, 1.807) is 0 Å². The van der Waals surface area contributed by atoms with Gasteiger partial charge in [0, 0.05) is 0 Å². The van der Waals surface area contributed by atoms with Gasteiger partial charge in [0.05, 0.1) is 0 Å². The van der Waals surface area contributed by atoms with Crippen molar-refractivity contribution in [1.29, 1.82) is 0 Å². The third kappa shape index (κ3) is 18.3. The lowest BCUT2D eigenvalue weighted by Gasteiger charge is -1.96. The van der Waals surface area contributed by atoms with Crippen LogP contribution in [-0.4, -0.2) is 7.05 Å². The van der Waals surface area contributed by atoms with Crippen molar-refractivity contribution in [2.24, 2.45) is 11.7 Å². The molecule has 2 N–H and O–H groups in total. The van der Waals surface area contributed by atoms with Gasteiger partial charge in [-0.15, -0.1) is 6.58 Å². The summed E-state index contributed by atoms with van der Waals surface area (Å²) in [4.78, 5) is 0. The molecule has 56 valence electrons. The normalized spacial score (nSPS) is 8.11. The number of nitrogens with two attached hydrogens (primary N) is 1. The van der Waals surface area contributed by atoms with Gasteiger partial charge < -0.3 is 5.73 Å². The molecule has 0 aliphatic heterocycles. The zero-order valence-corrected chi connectivity index (χ0v) is 6.85. The Bertz CT molecular complexity index is 48.5. The summed E-state index contributed by atoms with van der Waals surface area (Å²) >= 11 is 0. The highest BCUT2D eigenvalue weighted by molar-refractivity contribution is 4.66. The van der Waals surface area contributed by atoms with Gasteiger partial charge in [-0.1, -0.05) is 19.9 Å². The minimum absolute atomic E-state index is 0.831. The molecule has 9 heavy (non-hydrogen) atoms. The standard InChI is InChI=1S/C7H14.CH5N/c1-4-5-6-7(2)3;1-2/h4,7H,1,5-6H2,2-3H3;2H2,1H3. The molecule has 0 aliphatic rings. The summed E-state index contributed by atoms with van der Waals surface area (Å²) in [6.07, 6.45) is 4.42. The van der Waals surface area contributed by atoms with Gasteiger partial charge in [0.1, 0.15) is 0 Å². The van der Waals surface area contributed by atoms with Crippen molar-refractivity contribution >= 4 is 0 Å². The van der Waals surface area contributed by atoms with Crippen molar-refractivity contribution in [2.75, 3.05) is 7.05 Å².